The fraction of sp³-hybridized carbons (Fsp3) is 0.615. The van der Waals surface area contributed by atoms with Crippen molar-refractivity contribution in [3.05, 3.63) is 18.1 Å². The maximum atomic E-state index is 10.7. The van der Waals surface area contributed by atoms with Gasteiger partial charge in [0.05, 0.1) is 0 Å². The third-order valence-corrected chi connectivity index (χ3v) is 3.32. The van der Waals surface area contributed by atoms with Crippen molar-refractivity contribution in [3.8, 4) is 0 Å². The Hall–Kier alpha value is -1.45. The first-order chi connectivity index (χ1) is 8.20. The lowest BCUT2D eigenvalue weighted by Gasteiger charge is -2.30. The molecule has 1 aliphatic heterocycles. The van der Waals surface area contributed by atoms with Crippen molar-refractivity contribution in [1.82, 2.24) is 9.97 Å². The number of piperidine rings is 1. The molecule has 17 heavy (non-hydrogen) atoms. The molecule has 1 saturated heterocycles. The molecule has 0 aromatic carbocycles. The maximum Gasteiger partial charge on any atom is 0.132 e. The quantitative estimate of drug-likeness (QED) is 0.749. The van der Waals surface area contributed by atoms with E-state index < -0.39 is 0 Å². The van der Waals surface area contributed by atoms with Gasteiger partial charge in [-0.05, 0) is 18.8 Å². The zero-order valence-electron chi connectivity index (χ0n) is 10.5. The molecule has 0 radical (unpaired) electrons. The van der Waals surface area contributed by atoms with Crippen LogP contribution in [0.1, 0.15) is 38.3 Å². The first-order valence-corrected chi connectivity index (χ1v) is 6.23. The summed E-state index contributed by atoms with van der Waals surface area (Å²) in [6.45, 7) is 6.09. The lowest BCUT2D eigenvalue weighted by molar-refractivity contribution is -0.111. The highest BCUT2D eigenvalue weighted by atomic mass is 16.1. The molecule has 0 spiro atoms. The van der Waals surface area contributed by atoms with Gasteiger partial charge in [-0.15, -0.1) is 0 Å². The molecule has 1 aromatic heterocycles. The molecule has 2 heterocycles. The Morgan fingerprint density at radius 2 is 2.06 bits per heavy atom. The van der Waals surface area contributed by atoms with Gasteiger partial charge in [0.15, 0.2) is 0 Å². The fourth-order valence-corrected chi connectivity index (χ4v) is 2.11. The van der Waals surface area contributed by atoms with E-state index in [9.17, 15) is 4.79 Å². The van der Waals surface area contributed by atoms with E-state index in [0.29, 0.717) is 5.92 Å². The van der Waals surface area contributed by atoms with Gasteiger partial charge in [-0.25, -0.2) is 9.97 Å². The van der Waals surface area contributed by atoms with Gasteiger partial charge in [-0.2, -0.15) is 0 Å². The van der Waals surface area contributed by atoms with Crippen LogP contribution in [0.25, 0.3) is 0 Å². The molecular formula is C13H19N3O. The molecule has 92 valence electrons. The van der Waals surface area contributed by atoms with Gasteiger partial charge in [0, 0.05) is 30.8 Å². The minimum Gasteiger partial charge on any atom is -0.356 e. The van der Waals surface area contributed by atoms with Crippen LogP contribution in [-0.4, -0.2) is 29.3 Å². The van der Waals surface area contributed by atoms with E-state index in [2.05, 4.69) is 34.8 Å². The van der Waals surface area contributed by atoms with Crippen molar-refractivity contribution < 1.29 is 4.79 Å². The average Bonchev–Trinajstić information content (AvgIpc) is 2.39. The molecule has 0 saturated carbocycles. The second kappa shape index (κ2) is 5.25. The molecule has 2 rings (SSSR count). The smallest absolute Gasteiger partial charge is 0.132 e. The molecule has 0 amide bonds. The highest BCUT2D eigenvalue weighted by Crippen LogP contribution is 2.22. The predicted molar refractivity (Wildman–Crippen MR) is 67.1 cm³/mol. The van der Waals surface area contributed by atoms with Gasteiger partial charge in [-0.3, -0.25) is 0 Å². The summed E-state index contributed by atoms with van der Waals surface area (Å²) in [7, 11) is 0. The normalized spacial score (nSPS) is 17.5. The summed E-state index contributed by atoms with van der Waals surface area (Å²) in [6, 6.07) is 2.06. The van der Waals surface area contributed by atoms with E-state index in [0.717, 1.165) is 43.7 Å². The maximum absolute atomic E-state index is 10.7. The predicted octanol–water partition coefficient (Wildman–Crippen LogP) is 2.02. The first-order valence-electron chi connectivity index (χ1n) is 6.23. The van der Waals surface area contributed by atoms with Crippen molar-refractivity contribution in [2.75, 3.05) is 18.0 Å². The second-order valence-electron chi connectivity index (χ2n) is 4.92. The first kappa shape index (κ1) is 12.0. The molecule has 0 unspecified atom stereocenters. The average molecular weight is 233 g/mol. The Bertz CT molecular complexity index is 384. The van der Waals surface area contributed by atoms with Gasteiger partial charge in [0.25, 0.3) is 0 Å². The Morgan fingerprint density at radius 3 is 2.65 bits per heavy atom. The second-order valence-corrected chi connectivity index (χ2v) is 4.92. The highest BCUT2D eigenvalue weighted by Gasteiger charge is 2.19. The molecule has 1 aromatic rings. The van der Waals surface area contributed by atoms with Crippen molar-refractivity contribution in [2.24, 2.45) is 5.92 Å². The molecule has 4 nitrogen and oxygen atoms in total. The lowest BCUT2D eigenvalue weighted by Crippen LogP contribution is -2.34. The van der Waals surface area contributed by atoms with Crippen LogP contribution in [0.2, 0.25) is 0 Å². The minimum atomic E-state index is 0.234. The number of aromatic nitrogens is 2. The van der Waals surface area contributed by atoms with E-state index in [1.54, 1.807) is 6.33 Å². The van der Waals surface area contributed by atoms with Crippen LogP contribution in [0, 0.1) is 5.92 Å². The van der Waals surface area contributed by atoms with Gasteiger partial charge in [0.1, 0.15) is 18.4 Å². The Balaban J connectivity index is 2.07. The largest absolute Gasteiger partial charge is 0.356 e. The topological polar surface area (TPSA) is 46.1 Å². The Labute approximate surface area is 102 Å². The van der Waals surface area contributed by atoms with Crippen LogP contribution in [-0.2, 0) is 4.79 Å². The number of carbonyl (C=O) groups excluding carboxylic acids is 1. The molecule has 0 N–H and O–H groups in total. The summed E-state index contributed by atoms with van der Waals surface area (Å²) in [6.07, 6.45) is 4.59. The number of hydrogen-bond acceptors (Lipinski definition) is 4. The third kappa shape index (κ3) is 2.81. The van der Waals surface area contributed by atoms with E-state index in [1.165, 1.54) is 0 Å². The summed E-state index contributed by atoms with van der Waals surface area (Å²) >= 11 is 0. The van der Waals surface area contributed by atoms with E-state index in [1.807, 2.05) is 0 Å². The summed E-state index contributed by atoms with van der Waals surface area (Å²) < 4.78 is 0. The molecule has 0 aliphatic carbocycles. The van der Waals surface area contributed by atoms with Gasteiger partial charge in [0.2, 0.25) is 0 Å². The van der Waals surface area contributed by atoms with Crippen LogP contribution in [0.3, 0.4) is 0 Å². The molecule has 1 aliphatic rings. The standard InChI is InChI=1S/C13H19N3O/c1-10(2)12-7-13(15-9-14-12)16-5-3-11(8-17)4-6-16/h7-11H,3-6H2,1-2H3. The summed E-state index contributed by atoms with van der Waals surface area (Å²) in [5.74, 6) is 1.65. The number of hydrogen-bond donors (Lipinski definition) is 0. The monoisotopic (exact) mass is 233 g/mol. The lowest BCUT2D eigenvalue weighted by atomic mass is 9.98. The molecule has 0 atom stereocenters. The molecule has 4 heteroatoms. The van der Waals surface area contributed by atoms with Gasteiger partial charge >= 0.3 is 0 Å². The SMILES string of the molecule is CC(C)c1cc(N2CCC(C=O)CC2)ncn1. The van der Waals surface area contributed by atoms with Crippen LogP contribution in [0.4, 0.5) is 5.82 Å². The van der Waals surface area contributed by atoms with Crippen LogP contribution in [0.15, 0.2) is 12.4 Å². The van der Waals surface area contributed by atoms with Crippen LogP contribution < -0.4 is 4.90 Å². The van der Waals surface area contributed by atoms with Gasteiger partial charge in [-0.1, -0.05) is 13.8 Å². The summed E-state index contributed by atoms with van der Waals surface area (Å²) in [5, 5.41) is 0. The molecular weight excluding hydrogens is 214 g/mol. The summed E-state index contributed by atoms with van der Waals surface area (Å²) in [5.41, 5.74) is 1.08. The van der Waals surface area contributed by atoms with Crippen LogP contribution >= 0.6 is 0 Å². The van der Waals surface area contributed by atoms with Crippen molar-refractivity contribution in [1.29, 1.82) is 0 Å². The van der Waals surface area contributed by atoms with E-state index in [-0.39, 0.29) is 5.92 Å². The minimum absolute atomic E-state index is 0.234. The Morgan fingerprint density at radius 1 is 1.35 bits per heavy atom. The summed E-state index contributed by atoms with van der Waals surface area (Å²) in [4.78, 5) is 21.5. The fourth-order valence-electron chi connectivity index (χ4n) is 2.11. The molecule has 1 fully saturated rings. The number of aldehydes is 1. The third-order valence-electron chi connectivity index (χ3n) is 3.32. The van der Waals surface area contributed by atoms with E-state index >= 15 is 0 Å². The van der Waals surface area contributed by atoms with Crippen molar-refractivity contribution in [2.45, 2.75) is 32.6 Å². The van der Waals surface area contributed by atoms with Crippen molar-refractivity contribution >= 4 is 12.1 Å². The van der Waals surface area contributed by atoms with Gasteiger partial charge < -0.3 is 9.69 Å². The van der Waals surface area contributed by atoms with Crippen molar-refractivity contribution in [3.63, 3.8) is 0 Å². The van der Waals surface area contributed by atoms with E-state index in [4.69, 9.17) is 0 Å². The number of carbonyl (C=O) groups is 1. The van der Waals surface area contributed by atoms with Crippen LogP contribution in [0.5, 0.6) is 0 Å². The number of anilines is 1. The highest BCUT2D eigenvalue weighted by molar-refractivity contribution is 5.54. The number of rotatable bonds is 3. The number of nitrogens with zero attached hydrogens (tertiary/aromatic N) is 3. The molecule has 0 bridgehead atoms. The Kier molecular flexibility index (Phi) is 3.71. The zero-order valence-corrected chi connectivity index (χ0v) is 10.5. The zero-order chi connectivity index (χ0) is 12.3.